The molecule has 0 radical (unpaired) electrons. The summed E-state index contributed by atoms with van der Waals surface area (Å²) in [6.07, 6.45) is 3.01. The van der Waals surface area contributed by atoms with Crippen LogP contribution in [0.3, 0.4) is 0 Å². The molecule has 2 nitrogen and oxygen atoms in total. The van der Waals surface area contributed by atoms with Gasteiger partial charge in [0.2, 0.25) is 0 Å². The molecule has 1 aromatic rings. The first-order valence-electron chi connectivity index (χ1n) is 5.71. The highest BCUT2D eigenvalue weighted by Crippen LogP contribution is 2.00. The highest BCUT2D eigenvalue weighted by molar-refractivity contribution is 5.14. The van der Waals surface area contributed by atoms with Crippen LogP contribution in [-0.2, 0) is 6.42 Å². The molecular weight excluding hydrogens is 186 g/mol. The molecule has 0 aliphatic rings. The topological polar surface area (TPSA) is 32.3 Å². The van der Waals surface area contributed by atoms with E-state index in [-0.39, 0.29) is 0 Å². The summed E-state index contributed by atoms with van der Waals surface area (Å²) in [6, 6.07) is 11.0. The Morgan fingerprint density at radius 1 is 1.27 bits per heavy atom. The third kappa shape index (κ3) is 5.55. The van der Waals surface area contributed by atoms with Crippen molar-refractivity contribution in [3.05, 3.63) is 35.9 Å². The van der Waals surface area contributed by atoms with E-state index in [1.165, 1.54) is 5.56 Å². The number of rotatable bonds is 7. The molecule has 0 aromatic heterocycles. The Hall–Kier alpha value is -0.860. The molecule has 84 valence electrons. The van der Waals surface area contributed by atoms with Crippen molar-refractivity contribution in [2.45, 2.75) is 32.2 Å². The number of hydrogen-bond acceptors (Lipinski definition) is 2. The first-order chi connectivity index (χ1) is 7.33. The molecule has 0 amide bonds. The van der Waals surface area contributed by atoms with Crippen LogP contribution in [0.2, 0.25) is 0 Å². The lowest BCUT2D eigenvalue weighted by molar-refractivity contribution is 0.276. The highest BCUT2D eigenvalue weighted by Gasteiger charge is 1.99. The number of nitrogens with one attached hydrogen (secondary N) is 1. The van der Waals surface area contributed by atoms with Crippen LogP contribution in [0.15, 0.2) is 30.3 Å². The number of benzene rings is 1. The maximum atomic E-state index is 8.69. The van der Waals surface area contributed by atoms with Gasteiger partial charge in [0, 0.05) is 12.6 Å². The van der Waals surface area contributed by atoms with Crippen molar-refractivity contribution in [3.8, 4) is 0 Å². The van der Waals surface area contributed by atoms with Gasteiger partial charge in [0.1, 0.15) is 0 Å². The lowest BCUT2D eigenvalue weighted by Gasteiger charge is -2.12. The van der Waals surface area contributed by atoms with Gasteiger partial charge in [-0.3, -0.25) is 0 Å². The molecule has 0 saturated heterocycles. The molecule has 0 unspecified atom stereocenters. The molecule has 0 aliphatic carbocycles. The average Bonchev–Trinajstić information content (AvgIpc) is 2.28. The Kier molecular flexibility index (Phi) is 6.05. The molecular formula is C13H21NO. The van der Waals surface area contributed by atoms with E-state index in [1.807, 2.05) is 6.07 Å². The van der Waals surface area contributed by atoms with E-state index in [2.05, 4.69) is 36.5 Å². The zero-order chi connectivity index (χ0) is 10.9. The van der Waals surface area contributed by atoms with E-state index in [4.69, 9.17) is 5.11 Å². The maximum absolute atomic E-state index is 8.69. The van der Waals surface area contributed by atoms with Crippen LogP contribution in [0.25, 0.3) is 0 Å². The molecule has 2 N–H and O–H groups in total. The molecule has 1 aromatic carbocycles. The molecule has 0 heterocycles. The van der Waals surface area contributed by atoms with E-state index in [0.717, 1.165) is 25.8 Å². The van der Waals surface area contributed by atoms with Gasteiger partial charge in [-0.05, 0) is 38.3 Å². The minimum absolute atomic E-state index is 0.296. The Bertz CT molecular complexity index is 248. The second kappa shape index (κ2) is 7.43. The van der Waals surface area contributed by atoms with Gasteiger partial charge in [-0.25, -0.2) is 0 Å². The fourth-order valence-electron chi connectivity index (χ4n) is 1.61. The largest absolute Gasteiger partial charge is 0.396 e. The van der Waals surface area contributed by atoms with Gasteiger partial charge in [-0.15, -0.1) is 0 Å². The van der Waals surface area contributed by atoms with E-state index in [9.17, 15) is 0 Å². The Balaban J connectivity index is 2.11. The van der Waals surface area contributed by atoms with Crippen molar-refractivity contribution in [2.75, 3.05) is 13.2 Å². The van der Waals surface area contributed by atoms with Crippen LogP contribution < -0.4 is 5.32 Å². The van der Waals surface area contributed by atoms with Crippen LogP contribution >= 0.6 is 0 Å². The van der Waals surface area contributed by atoms with Gasteiger partial charge < -0.3 is 10.4 Å². The van der Waals surface area contributed by atoms with Crippen LogP contribution in [0, 0.1) is 0 Å². The van der Waals surface area contributed by atoms with Crippen LogP contribution in [0.4, 0.5) is 0 Å². The van der Waals surface area contributed by atoms with Crippen molar-refractivity contribution < 1.29 is 5.11 Å². The third-order valence-corrected chi connectivity index (χ3v) is 2.54. The van der Waals surface area contributed by atoms with Crippen molar-refractivity contribution in [1.29, 1.82) is 0 Å². The predicted molar refractivity (Wildman–Crippen MR) is 63.9 cm³/mol. The molecule has 15 heavy (non-hydrogen) atoms. The third-order valence-electron chi connectivity index (χ3n) is 2.54. The quantitative estimate of drug-likeness (QED) is 0.716. The summed E-state index contributed by atoms with van der Waals surface area (Å²) in [7, 11) is 0. The first-order valence-corrected chi connectivity index (χ1v) is 5.71. The van der Waals surface area contributed by atoms with E-state index >= 15 is 0 Å². The van der Waals surface area contributed by atoms with Crippen molar-refractivity contribution >= 4 is 0 Å². The maximum Gasteiger partial charge on any atom is 0.0431 e. The summed E-state index contributed by atoms with van der Waals surface area (Å²) in [5, 5.41) is 12.1. The van der Waals surface area contributed by atoms with Crippen molar-refractivity contribution in [1.82, 2.24) is 5.32 Å². The van der Waals surface area contributed by atoms with Crippen LogP contribution in [0.5, 0.6) is 0 Å². The second-order valence-corrected chi connectivity index (χ2v) is 3.96. The Morgan fingerprint density at radius 2 is 2.00 bits per heavy atom. The molecule has 0 spiro atoms. The predicted octanol–water partition coefficient (Wildman–Crippen LogP) is 1.98. The van der Waals surface area contributed by atoms with Gasteiger partial charge in [0.25, 0.3) is 0 Å². The molecule has 0 fully saturated rings. The monoisotopic (exact) mass is 207 g/mol. The van der Waals surface area contributed by atoms with E-state index in [0.29, 0.717) is 12.6 Å². The van der Waals surface area contributed by atoms with Crippen LogP contribution in [-0.4, -0.2) is 24.3 Å². The SMILES string of the molecule is C[C@@H](CCCO)NCCc1ccccc1. The van der Waals surface area contributed by atoms with Crippen molar-refractivity contribution in [3.63, 3.8) is 0 Å². The molecule has 0 aliphatic heterocycles. The minimum atomic E-state index is 0.296. The smallest absolute Gasteiger partial charge is 0.0431 e. The van der Waals surface area contributed by atoms with Gasteiger partial charge >= 0.3 is 0 Å². The Labute approximate surface area is 92.3 Å². The normalized spacial score (nSPS) is 12.7. The molecule has 1 rings (SSSR count). The molecule has 0 saturated carbocycles. The van der Waals surface area contributed by atoms with E-state index in [1.54, 1.807) is 0 Å². The Morgan fingerprint density at radius 3 is 2.67 bits per heavy atom. The molecule has 0 bridgehead atoms. The van der Waals surface area contributed by atoms with Crippen LogP contribution in [0.1, 0.15) is 25.3 Å². The first kappa shape index (κ1) is 12.2. The minimum Gasteiger partial charge on any atom is -0.396 e. The lowest BCUT2D eigenvalue weighted by atomic mass is 10.1. The number of aliphatic hydroxyl groups is 1. The summed E-state index contributed by atoms with van der Waals surface area (Å²) < 4.78 is 0. The zero-order valence-electron chi connectivity index (χ0n) is 9.45. The second-order valence-electron chi connectivity index (χ2n) is 3.96. The summed E-state index contributed by atoms with van der Waals surface area (Å²) >= 11 is 0. The number of aliphatic hydroxyl groups excluding tert-OH is 1. The number of hydrogen-bond donors (Lipinski definition) is 2. The fourth-order valence-corrected chi connectivity index (χ4v) is 1.61. The molecule has 1 atom stereocenters. The van der Waals surface area contributed by atoms with E-state index < -0.39 is 0 Å². The average molecular weight is 207 g/mol. The van der Waals surface area contributed by atoms with Crippen molar-refractivity contribution in [2.24, 2.45) is 0 Å². The van der Waals surface area contributed by atoms with Gasteiger partial charge in [-0.2, -0.15) is 0 Å². The lowest BCUT2D eigenvalue weighted by Crippen LogP contribution is -2.28. The molecule has 2 heteroatoms. The zero-order valence-corrected chi connectivity index (χ0v) is 9.45. The summed E-state index contributed by atoms with van der Waals surface area (Å²) in [4.78, 5) is 0. The summed E-state index contributed by atoms with van der Waals surface area (Å²) in [6.45, 7) is 3.47. The fraction of sp³-hybridized carbons (Fsp3) is 0.538. The summed E-state index contributed by atoms with van der Waals surface area (Å²) in [5.41, 5.74) is 1.37. The summed E-state index contributed by atoms with van der Waals surface area (Å²) in [5.74, 6) is 0. The standard InChI is InChI=1S/C13H21NO/c1-12(6-5-11-15)14-10-9-13-7-3-2-4-8-13/h2-4,7-8,12,14-15H,5-6,9-11H2,1H3/t12-/m0/s1. The highest BCUT2D eigenvalue weighted by atomic mass is 16.2. The van der Waals surface area contributed by atoms with Gasteiger partial charge in [0.05, 0.1) is 0 Å². The van der Waals surface area contributed by atoms with Gasteiger partial charge in [-0.1, -0.05) is 30.3 Å². The van der Waals surface area contributed by atoms with Gasteiger partial charge in [0.15, 0.2) is 0 Å².